The first kappa shape index (κ1) is 15.2. The molecule has 2 fully saturated rings. The Morgan fingerprint density at radius 3 is 2.68 bits per heavy atom. The smallest absolute Gasteiger partial charge is 0.308 e. The van der Waals surface area contributed by atoms with Crippen molar-refractivity contribution in [1.82, 2.24) is 9.88 Å². The molecule has 1 saturated heterocycles. The van der Waals surface area contributed by atoms with Crippen LogP contribution in [0.15, 0.2) is 24.4 Å². The molecular weight excluding hydrogens is 282 g/mol. The Morgan fingerprint density at radius 2 is 2.05 bits per heavy atom. The molecule has 1 saturated carbocycles. The maximum absolute atomic E-state index is 11.7. The summed E-state index contributed by atoms with van der Waals surface area (Å²) < 4.78 is 4.81. The van der Waals surface area contributed by atoms with Crippen LogP contribution in [0.2, 0.25) is 0 Å². The van der Waals surface area contributed by atoms with Crippen molar-refractivity contribution in [2.75, 3.05) is 38.2 Å². The minimum absolute atomic E-state index is 0.0648. The highest BCUT2D eigenvalue weighted by molar-refractivity contribution is 5.72. The SMILES string of the molecule is COC(=O)[C@@H]1C[C@@H](O)[C@H](N2CCN(c3ccccn3)CC2)C1. The topological polar surface area (TPSA) is 65.9 Å². The molecule has 1 aliphatic heterocycles. The minimum Gasteiger partial charge on any atom is -0.469 e. The number of piperazine rings is 1. The van der Waals surface area contributed by atoms with E-state index in [1.807, 2.05) is 24.4 Å². The van der Waals surface area contributed by atoms with Crippen molar-refractivity contribution < 1.29 is 14.6 Å². The standard InChI is InChI=1S/C16H23N3O3/c1-22-16(21)12-10-13(14(20)11-12)18-6-8-19(9-7-18)15-4-2-3-5-17-15/h2-5,12-14,20H,6-11H2,1H3/t12-,13+,14+/m0/s1. The monoisotopic (exact) mass is 305 g/mol. The Hall–Kier alpha value is -1.66. The summed E-state index contributed by atoms with van der Waals surface area (Å²) in [6, 6.07) is 6.00. The summed E-state index contributed by atoms with van der Waals surface area (Å²) in [6.07, 6.45) is 2.57. The van der Waals surface area contributed by atoms with Crippen LogP contribution in [0.5, 0.6) is 0 Å². The molecule has 6 heteroatoms. The highest BCUT2D eigenvalue weighted by Crippen LogP contribution is 2.31. The number of carbonyl (C=O) groups excluding carboxylic acids is 1. The van der Waals surface area contributed by atoms with E-state index in [4.69, 9.17) is 4.74 Å². The molecule has 0 spiro atoms. The second-order valence-corrected chi connectivity index (χ2v) is 6.04. The number of esters is 1. The maximum Gasteiger partial charge on any atom is 0.308 e. The van der Waals surface area contributed by atoms with Gasteiger partial charge >= 0.3 is 5.97 Å². The number of carbonyl (C=O) groups is 1. The molecule has 2 heterocycles. The van der Waals surface area contributed by atoms with Crippen LogP contribution in [-0.2, 0) is 9.53 Å². The van der Waals surface area contributed by atoms with Gasteiger partial charge in [0.15, 0.2) is 0 Å². The van der Waals surface area contributed by atoms with Gasteiger partial charge in [-0.15, -0.1) is 0 Å². The van der Waals surface area contributed by atoms with E-state index in [2.05, 4.69) is 14.8 Å². The van der Waals surface area contributed by atoms with E-state index in [9.17, 15) is 9.90 Å². The summed E-state index contributed by atoms with van der Waals surface area (Å²) in [7, 11) is 1.41. The molecule has 1 aliphatic carbocycles. The van der Waals surface area contributed by atoms with Crippen molar-refractivity contribution in [2.24, 2.45) is 5.92 Å². The van der Waals surface area contributed by atoms with Gasteiger partial charge in [-0.2, -0.15) is 0 Å². The molecule has 1 N–H and O–H groups in total. The number of aliphatic hydroxyl groups is 1. The van der Waals surface area contributed by atoms with Gasteiger partial charge in [0.05, 0.1) is 19.1 Å². The first-order chi connectivity index (χ1) is 10.7. The molecule has 1 aromatic rings. The lowest BCUT2D eigenvalue weighted by Gasteiger charge is -2.39. The van der Waals surface area contributed by atoms with Gasteiger partial charge in [0.1, 0.15) is 5.82 Å². The van der Waals surface area contributed by atoms with Crippen molar-refractivity contribution >= 4 is 11.8 Å². The molecule has 0 radical (unpaired) electrons. The number of anilines is 1. The van der Waals surface area contributed by atoms with Crippen molar-refractivity contribution in [3.8, 4) is 0 Å². The van der Waals surface area contributed by atoms with Crippen molar-refractivity contribution in [3.05, 3.63) is 24.4 Å². The highest BCUT2D eigenvalue weighted by atomic mass is 16.5. The van der Waals surface area contributed by atoms with Crippen LogP contribution in [0.1, 0.15) is 12.8 Å². The van der Waals surface area contributed by atoms with E-state index in [-0.39, 0.29) is 17.9 Å². The molecule has 0 amide bonds. The molecule has 2 aliphatic rings. The van der Waals surface area contributed by atoms with E-state index >= 15 is 0 Å². The molecule has 3 atom stereocenters. The summed E-state index contributed by atoms with van der Waals surface area (Å²) in [6.45, 7) is 3.55. The highest BCUT2D eigenvalue weighted by Gasteiger charge is 2.41. The number of ether oxygens (including phenoxy) is 1. The number of rotatable bonds is 3. The Morgan fingerprint density at radius 1 is 1.27 bits per heavy atom. The number of hydrogen-bond acceptors (Lipinski definition) is 6. The van der Waals surface area contributed by atoms with Gasteiger partial charge in [-0.3, -0.25) is 9.69 Å². The largest absolute Gasteiger partial charge is 0.469 e. The van der Waals surface area contributed by atoms with Crippen LogP contribution >= 0.6 is 0 Å². The fraction of sp³-hybridized carbons (Fsp3) is 0.625. The number of hydrogen-bond donors (Lipinski definition) is 1. The number of pyridine rings is 1. The zero-order chi connectivity index (χ0) is 15.5. The van der Waals surface area contributed by atoms with Crippen LogP contribution in [0.4, 0.5) is 5.82 Å². The van der Waals surface area contributed by atoms with Crippen molar-refractivity contribution in [3.63, 3.8) is 0 Å². The molecule has 0 unspecified atom stereocenters. The van der Waals surface area contributed by atoms with E-state index in [1.165, 1.54) is 7.11 Å². The van der Waals surface area contributed by atoms with Crippen LogP contribution < -0.4 is 4.90 Å². The minimum atomic E-state index is -0.439. The lowest BCUT2D eigenvalue weighted by Crippen LogP contribution is -2.52. The predicted octanol–water partition coefficient (Wildman–Crippen LogP) is 0.516. The lowest BCUT2D eigenvalue weighted by atomic mass is 10.1. The van der Waals surface area contributed by atoms with Crippen LogP contribution in [0.25, 0.3) is 0 Å². The summed E-state index contributed by atoms with van der Waals surface area (Å²) in [5.41, 5.74) is 0. The summed E-state index contributed by atoms with van der Waals surface area (Å²) >= 11 is 0. The summed E-state index contributed by atoms with van der Waals surface area (Å²) in [5, 5.41) is 10.3. The number of aliphatic hydroxyl groups excluding tert-OH is 1. The Bertz CT molecular complexity index is 503. The Kier molecular flexibility index (Phi) is 4.59. The van der Waals surface area contributed by atoms with E-state index in [0.29, 0.717) is 12.8 Å². The quantitative estimate of drug-likeness (QED) is 0.821. The van der Waals surface area contributed by atoms with Gasteiger partial charge in [-0.1, -0.05) is 6.07 Å². The summed E-state index contributed by atoms with van der Waals surface area (Å²) in [5.74, 6) is 0.633. The van der Waals surface area contributed by atoms with Gasteiger partial charge in [-0.05, 0) is 25.0 Å². The number of methoxy groups -OCH3 is 1. The fourth-order valence-corrected chi connectivity index (χ4v) is 3.57. The Balaban J connectivity index is 1.56. The first-order valence-electron chi connectivity index (χ1n) is 7.85. The molecule has 1 aromatic heterocycles. The average molecular weight is 305 g/mol. The molecule has 6 nitrogen and oxygen atoms in total. The zero-order valence-corrected chi connectivity index (χ0v) is 12.9. The average Bonchev–Trinajstić information content (AvgIpc) is 2.97. The number of nitrogens with zero attached hydrogens (tertiary/aromatic N) is 3. The molecule has 22 heavy (non-hydrogen) atoms. The van der Waals surface area contributed by atoms with Crippen molar-refractivity contribution in [1.29, 1.82) is 0 Å². The number of aromatic nitrogens is 1. The molecule has 120 valence electrons. The van der Waals surface area contributed by atoms with Gasteiger partial charge in [0, 0.05) is 38.4 Å². The second kappa shape index (κ2) is 6.62. The van der Waals surface area contributed by atoms with Gasteiger partial charge in [0.2, 0.25) is 0 Å². The predicted molar refractivity (Wildman–Crippen MR) is 82.6 cm³/mol. The third kappa shape index (κ3) is 3.08. The van der Waals surface area contributed by atoms with Gasteiger partial charge in [-0.25, -0.2) is 4.98 Å². The lowest BCUT2D eigenvalue weighted by molar-refractivity contribution is -0.145. The molecule has 3 rings (SSSR count). The van der Waals surface area contributed by atoms with E-state index in [1.54, 1.807) is 0 Å². The van der Waals surface area contributed by atoms with Crippen LogP contribution in [0.3, 0.4) is 0 Å². The van der Waals surface area contributed by atoms with Gasteiger partial charge < -0.3 is 14.7 Å². The first-order valence-corrected chi connectivity index (χ1v) is 7.85. The van der Waals surface area contributed by atoms with Crippen LogP contribution in [0, 0.1) is 5.92 Å². The zero-order valence-electron chi connectivity index (χ0n) is 12.9. The van der Waals surface area contributed by atoms with Crippen LogP contribution in [-0.4, -0.2) is 66.4 Å². The molecule has 0 aromatic carbocycles. The normalized spacial score (nSPS) is 29.5. The second-order valence-electron chi connectivity index (χ2n) is 6.04. The molecular formula is C16H23N3O3. The maximum atomic E-state index is 11.7. The third-order valence-electron chi connectivity index (χ3n) is 4.79. The van der Waals surface area contributed by atoms with Crippen molar-refractivity contribution in [2.45, 2.75) is 25.0 Å². The fourth-order valence-electron chi connectivity index (χ4n) is 3.57. The van der Waals surface area contributed by atoms with E-state index < -0.39 is 6.10 Å². The third-order valence-corrected chi connectivity index (χ3v) is 4.79. The molecule has 0 bridgehead atoms. The van der Waals surface area contributed by atoms with Gasteiger partial charge in [0.25, 0.3) is 0 Å². The summed E-state index contributed by atoms with van der Waals surface area (Å²) in [4.78, 5) is 20.6. The van der Waals surface area contributed by atoms with E-state index in [0.717, 1.165) is 32.0 Å². The Labute approximate surface area is 130 Å².